The second kappa shape index (κ2) is 9.33. The Hall–Kier alpha value is -2.42. The molecule has 0 aliphatic carbocycles. The minimum absolute atomic E-state index is 0.140. The molecule has 2 aromatic rings. The fraction of sp³-hybridized carbons (Fsp3) is 0.235. The summed E-state index contributed by atoms with van der Waals surface area (Å²) in [6.45, 7) is 1.54. The zero-order valence-electron chi connectivity index (χ0n) is 14.2. The van der Waals surface area contributed by atoms with Crippen LogP contribution in [-0.4, -0.2) is 31.4 Å². The van der Waals surface area contributed by atoms with Crippen molar-refractivity contribution >= 4 is 52.0 Å². The van der Waals surface area contributed by atoms with E-state index < -0.39 is 11.8 Å². The fourth-order valence-electron chi connectivity index (χ4n) is 2.10. The summed E-state index contributed by atoms with van der Waals surface area (Å²) >= 11 is 7.24. The first-order chi connectivity index (χ1) is 12.4. The minimum atomic E-state index is -0.795. The molecule has 2 rings (SSSR count). The van der Waals surface area contributed by atoms with Crippen LogP contribution in [0.1, 0.15) is 17.9 Å². The number of halogens is 1. The first-order valence-electron chi connectivity index (χ1n) is 7.64. The van der Waals surface area contributed by atoms with E-state index in [4.69, 9.17) is 16.3 Å². The zero-order valence-corrected chi connectivity index (χ0v) is 15.7. The van der Waals surface area contributed by atoms with E-state index in [1.807, 2.05) is 6.07 Å². The lowest BCUT2D eigenvalue weighted by Crippen LogP contribution is -2.37. The van der Waals surface area contributed by atoms with E-state index in [1.165, 1.54) is 25.4 Å². The molecule has 1 aromatic heterocycles. The largest absolute Gasteiger partial charge is 0.374 e. The average molecular weight is 396 g/mol. The molecule has 0 aliphatic heterocycles. The lowest BCUT2D eigenvalue weighted by Gasteiger charge is -2.14. The quantitative estimate of drug-likeness (QED) is 0.655. The first kappa shape index (κ1) is 19.9. The van der Waals surface area contributed by atoms with Gasteiger partial charge in [-0.2, -0.15) is 0 Å². The standard InChI is InChI=1S/C17H18ClN3O4S/c1-10(22)20-11-3-5-12(6-4-11)21-17(24)16(23)19-9-13(25-2)14-7-8-15(18)26-14/h3-8,13H,9H2,1-2H3,(H,19,23)(H,20,22)(H,21,24). The van der Waals surface area contributed by atoms with E-state index >= 15 is 0 Å². The number of rotatable bonds is 6. The summed E-state index contributed by atoms with van der Waals surface area (Å²) in [6, 6.07) is 9.97. The Morgan fingerprint density at radius 1 is 1.04 bits per heavy atom. The molecule has 0 aliphatic rings. The number of carbonyl (C=O) groups is 3. The van der Waals surface area contributed by atoms with Crippen LogP contribution in [0, 0.1) is 0 Å². The number of hydrogen-bond donors (Lipinski definition) is 3. The lowest BCUT2D eigenvalue weighted by atomic mass is 10.2. The Morgan fingerprint density at radius 3 is 2.15 bits per heavy atom. The number of nitrogens with one attached hydrogen (secondary N) is 3. The van der Waals surface area contributed by atoms with Gasteiger partial charge in [0.2, 0.25) is 5.91 Å². The fourth-order valence-corrected chi connectivity index (χ4v) is 3.23. The number of methoxy groups -OCH3 is 1. The molecule has 1 unspecified atom stereocenters. The van der Waals surface area contributed by atoms with E-state index in [2.05, 4.69) is 16.0 Å². The topological polar surface area (TPSA) is 96.5 Å². The summed E-state index contributed by atoms with van der Waals surface area (Å²) in [5, 5.41) is 7.63. The predicted octanol–water partition coefficient (Wildman–Crippen LogP) is 2.80. The van der Waals surface area contributed by atoms with Crippen LogP contribution in [0.2, 0.25) is 4.34 Å². The monoisotopic (exact) mass is 395 g/mol. The predicted molar refractivity (Wildman–Crippen MR) is 101 cm³/mol. The number of anilines is 2. The van der Waals surface area contributed by atoms with Gasteiger partial charge in [0.25, 0.3) is 0 Å². The molecule has 1 aromatic carbocycles. The van der Waals surface area contributed by atoms with Gasteiger partial charge in [0.15, 0.2) is 0 Å². The van der Waals surface area contributed by atoms with Crippen molar-refractivity contribution in [3.8, 4) is 0 Å². The third-order valence-electron chi connectivity index (χ3n) is 3.31. The molecule has 1 heterocycles. The molecular weight excluding hydrogens is 378 g/mol. The second-order valence-corrected chi connectivity index (χ2v) is 7.04. The van der Waals surface area contributed by atoms with E-state index in [-0.39, 0.29) is 18.6 Å². The molecule has 0 spiro atoms. The maximum atomic E-state index is 12.0. The molecule has 9 heteroatoms. The Morgan fingerprint density at radius 2 is 1.65 bits per heavy atom. The molecule has 3 amide bonds. The minimum Gasteiger partial charge on any atom is -0.374 e. The van der Waals surface area contributed by atoms with E-state index in [1.54, 1.807) is 30.3 Å². The molecule has 0 saturated heterocycles. The molecular formula is C17H18ClN3O4S. The van der Waals surface area contributed by atoms with Gasteiger partial charge in [-0.3, -0.25) is 14.4 Å². The summed E-state index contributed by atoms with van der Waals surface area (Å²) in [4.78, 5) is 35.7. The van der Waals surface area contributed by atoms with Crippen molar-refractivity contribution in [2.45, 2.75) is 13.0 Å². The van der Waals surface area contributed by atoms with E-state index in [9.17, 15) is 14.4 Å². The van der Waals surface area contributed by atoms with Crippen LogP contribution >= 0.6 is 22.9 Å². The molecule has 138 valence electrons. The van der Waals surface area contributed by atoms with Crippen molar-refractivity contribution in [1.29, 1.82) is 0 Å². The van der Waals surface area contributed by atoms with Crippen LogP contribution in [0.15, 0.2) is 36.4 Å². The maximum Gasteiger partial charge on any atom is 0.313 e. The number of thiophene rings is 1. The number of amides is 3. The summed E-state index contributed by atoms with van der Waals surface area (Å²) in [7, 11) is 1.52. The summed E-state index contributed by atoms with van der Waals surface area (Å²) in [6.07, 6.45) is -0.388. The molecule has 0 bridgehead atoms. The molecule has 0 saturated carbocycles. The number of benzene rings is 1. The zero-order chi connectivity index (χ0) is 19.1. The SMILES string of the molecule is COC(CNC(=O)C(=O)Nc1ccc(NC(C)=O)cc1)c1ccc(Cl)s1. The van der Waals surface area contributed by atoms with Gasteiger partial charge in [-0.05, 0) is 36.4 Å². The van der Waals surface area contributed by atoms with Gasteiger partial charge < -0.3 is 20.7 Å². The van der Waals surface area contributed by atoms with Gasteiger partial charge in [0, 0.05) is 36.8 Å². The highest BCUT2D eigenvalue weighted by Gasteiger charge is 2.18. The van der Waals surface area contributed by atoms with Crippen LogP contribution in [-0.2, 0) is 19.1 Å². The van der Waals surface area contributed by atoms with E-state index in [0.29, 0.717) is 15.7 Å². The van der Waals surface area contributed by atoms with Crippen molar-refractivity contribution in [2.24, 2.45) is 0 Å². The molecule has 7 nitrogen and oxygen atoms in total. The normalized spacial score (nSPS) is 11.5. The van der Waals surface area contributed by atoms with Crippen LogP contribution in [0.4, 0.5) is 11.4 Å². The van der Waals surface area contributed by atoms with Crippen LogP contribution < -0.4 is 16.0 Å². The van der Waals surface area contributed by atoms with Crippen molar-refractivity contribution in [2.75, 3.05) is 24.3 Å². The highest BCUT2D eigenvalue weighted by atomic mass is 35.5. The highest BCUT2D eigenvalue weighted by Crippen LogP contribution is 2.28. The summed E-state index contributed by atoms with van der Waals surface area (Å²) < 4.78 is 5.93. The first-order valence-corrected chi connectivity index (χ1v) is 8.83. The average Bonchev–Trinajstić information content (AvgIpc) is 3.02. The number of carbonyl (C=O) groups excluding carboxylic acids is 3. The van der Waals surface area contributed by atoms with Crippen LogP contribution in [0.3, 0.4) is 0 Å². The summed E-state index contributed by atoms with van der Waals surface area (Å²) in [5.41, 5.74) is 1.03. The molecule has 3 N–H and O–H groups in total. The van der Waals surface area contributed by atoms with Crippen LogP contribution in [0.5, 0.6) is 0 Å². The third-order valence-corrected chi connectivity index (χ3v) is 4.64. The van der Waals surface area contributed by atoms with Crippen molar-refractivity contribution in [3.63, 3.8) is 0 Å². The highest BCUT2D eigenvalue weighted by molar-refractivity contribution is 7.16. The Labute approximate surface area is 159 Å². The Bertz CT molecular complexity index is 792. The molecule has 0 radical (unpaired) electrons. The second-order valence-electron chi connectivity index (χ2n) is 5.29. The number of ether oxygens (including phenoxy) is 1. The van der Waals surface area contributed by atoms with Gasteiger partial charge >= 0.3 is 11.8 Å². The molecule has 1 atom stereocenters. The number of hydrogen-bond acceptors (Lipinski definition) is 5. The summed E-state index contributed by atoms with van der Waals surface area (Å²) in [5.74, 6) is -1.77. The molecule has 26 heavy (non-hydrogen) atoms. The van der Waals surface area contributed by atoms with Gasteiger partial charge in [0.1, 0.15) is 6.10 Å². The van der Waals surface area contributed by atoms with Gasteiger partial charge in [-0.15, -0.1) is 11.3 Å². The van der Waals surface area contributed by atoms with Gasteiger partial charge in [-0.1, -0.05) is 11.6 Å². The van der Waals surface area contributed by atoms with Gasteiger partial charge in [-0.25, -0.2) is 0 Å². The Kier molecular flexibility index (Phi) is 7.14. The van der Waals surface area contributed by atoms with E-state index in [0.717, 1.165) is 4.88 Å². The Balaban J connectivity index is 1.86. The van der Waals surface area contributed by atoms with Gasteiger partial charge in [0.05, 0.1) is 4.34 Å². The third kappa shape index (κ3) is 5.83. The van der Waals surface area contributed by atoms with Crippen molar-refractivity contribution in [3.05, 3.63) is 45.6 Å². The smallest absolute Gasteiger partial charge is 0.313 e. The van der Waals surface area contributed by atoms with Crippen LogP contribution in [0.25, 0.3) is 0 Å². The lowest BCUT2D eigenvalue weighted by molar-refractivity contribution is -0.136. The van der Waals surface area contributed by atoms with Crippen molar-refractivity contribution < 1.29 is 19.1 Å². The maximum absolute atomic E-state index is 12.0. The molecule has 0 fully saturated rings. The van der Waals surface area contributed by atoms with Crippen molar-refractivity contribution in [1.82, 2.24) is 5.32 Å².